The average molecular weight is 354 g/mol. The van der Waals surface area contributed by atoms with Crippen LogP contribution in [0.2, 0.25) is 0 Å². The molecule has 2 aromatic rings. The van der Waals surface area contributed by atoms with Gasteiger partial charge < -0.3 is 22.1 Å². The molecule has 1 aliphatic rings. The molecule has 0 radical (unpaired) electrons. The van der Waals surface area contributed by atoms with E-state index < -0.39 is 5.91 Å². The molecule has 1 aromatic heterocycles. The Morgan fingerprint density at radius 2 is 1.96 bits per heavy atom. The van der Waals surface area contributed by atoms with E-state index in [1.807, 2.05) is 26.0 Å². The Labute approximate surface area is 153 Å². The molecule has 1 atom stereocenters. The number of nitrogens with zero attached hydrogens (tertiary/aromatic N) is 2. The number of carbonyl (C=O) groups excluding carboxylic acids is 1. The Balaban J connectivity index is 1.76. The van der Waals surface area contributed by atoms with Gasteiger partial charge in [-0.1, -0.05) is 18.9 Å². The lowest BCUT2D eigenvalue weighted by molar-refractivity contribution is 0.100. The second-order valence-electron chi connectivity index (χ2n) is 7.14. The second-order valence-corrected chi connectivity index (χ2v) is 7.14. The number of amides is 1. The third kappa shape index (κ3) is 4.92. The number of aryl methyl sites for hydroxylation is 2. The predicted octanol–water partition coefficient (Wildman–Crippen LogP) is 2.48. The van der Waals surface area contributed by atoms with Crippen LogP contribution in [0.25, 0.3) is 0 Å². The highest BCUT2D eigenvalue weighted by atomic mass is 16.1. The third-order valence-electron chi connectivity index (χ3n) is 4.39. The number of nitrogens with one attached hydrogen (secondary N) is 2. The molecule has 1 aliphatic carbocycles. The SMILES string of the molecule is Cc1cc(C)cc(Nc2nc(NC[C@@H](N)CC3CC3)ncc2C(N)=O)c1. The molecule has 1 heterocycles. The van der Waals surface area contributed by atoms with E-state index in [1.54, 1.807) is 0 Å². The van der Waals surface area contributed by atoms with Crippen LogP contribution in [0.5, 0.6) is 0 Å². The summed E-state index contributed by atoms with van der Waals surface area (Å²) in [7, 11) is 0. The van der Waals surface area contributed by atoms with Crippen molar-refractivity contribution in [3.8, 4) is 0 Å². The Kier molecular flexibility index (Phi) is 5.37. The molecule has 0 unspecified atom stereocenters. The van der Waals surface area contributed by atoms with Crippen molar-refractivity contribution in [3.05, 3.63) is 41.1 Å². The normalized spacial score (nSPS) is 14.7. The molecule has 1 aromatic carbocycles. The highest BCUT2D eigenvalue weighted by Gasteiger charge is 2.23. The van der Waals surface area contributed by atoms with Crippen LogP contribution in [0, 0.1) is 19.8 Å². The van der Waals surface area contributed by atoms with E-state index in [-0.39, 0.29) is 11.6 Å². The summed E-state index contributed by atoms with van der Waals surface area (Å²) in [4.78, 5) is 20.3. The van der Waals surface area contributed by atoms with E-state index in [4.69, 9.17) is 11.5 Å². The van der Waals surface area contributed by atoms with Crippen molar-refractivity contribution in [1.29, 1.82) is 0 Å². The molecular weight excluding hydrogens is 328 g/mol. The fourth-order valence-electron chi connectivity index (χ4n) is 3.01. The molecule has 1 fully saturated rings. The first-order chi connectivity index (χ1) is 12.4. The first-order valence-electron chi connectivity index (χ1n) is 8.92. The molecule has 1 saturated carbocycles. The van der Waals surface area contributed by atoms with Crippen LogP contribution in [-0.4, -0.2) is 28.5 Å². The number of hydrogen-bond acceptors (Lipinski definition) is 6. The molecule has 3 rings (SSSR count). The van der Waals surface area contributed by atoms with Crippen molar-refractivity contribution in [2.75, 3.05) is 17.2 Å². The summed E-state index contributed by atoms with van der Waals surface area (Å²) < 4.78 is 0. The molecule has 0 spiro atoms. The summed E-state index contributed by atoms with van der Waals surface area (Å²) in [6.07, 6.45) is 5.01. The lowest BCUT2D eigenvalue weighted by Gasteiger charge is -2.14. The Morgan fingerprint density at radius 1 is 1.27 bits per heavy atom. The molecule has 138 valence electrons. The number of aromatic nitrogens is 2. The maximum atomic E-state index is 11.7. The van der Waals surface area contributed by atoms with Crippen molar-refractivity contribution >= 4 is 23.4 Å². The van der Waals surface area contributed by atoms with Crippen molar-refractivity contribution in [2.24, 2.45) is 17.4 Å². The van der Waals surface area contributed by atoms with Crippen LogP contribution in [0.4, 0.5) is 17.5 Å². The van der Waals surface area contributed by atoms with Gasteiger partial charge >= 0.3 is 0 Å². The second kappa shape index (κ2) is 7.70. The Bertz CT molecular complexity index is 782. The van der Waals surface area contributed by atoms with E-state index >= 15 is 0 Å². The smallest absolute Gasteiger partial charge is 0.254 e. The lowest BCUT2D eigenvalue weighted by atomic mass is 10.1. The maximum absolute atomic E-state index is 11.7. The summed E-state index contributed by atoms with van der Waals surface area (Å²) in [5.41, 5.74) is 14.9. The van der Waals surface area contributed by atoms with Crippen molar-refractivity contribution in [2.45, 2.75) is 39.2 Å². The Morgan fingerprint density at radius 3 is 2.58 bits per heavy atom. The van der Waals surface area contributed by atoms with Crippen LogP contribution in [0.3, 0.4) is 0 Å². The van der Waals surface area contributed by atoms with Crippen LogP contribution >= 0.6 is 0 Å². The van der Waals surface area contributed by atoms with Crippen LogP contribution in [0.15, 0.2) is 24.4 Å². The fraction of sp³-hybridized carbons (Fsp3) is 0.421. The lowest BCUT2D eigenvalue weighted by Crippen LogP contribution is -2.30. The zero-order chi connectivity index (χ0) is 18.7. The number of anilines is 3. The summed E-state index contributed by atoms with van der Waals surface area (Å²) >= 11 is 0. The molecule has 7 nitrogen and oxygen atoms in total. The van der Waals surface area contributed by atoms with Gasteiger partial charge in [-0.2, -0.15) is 4.98 Å². The zero-order valence-electron chi connectivity index (χ0n) is 15.2. The quantitative estimate of drug-likeness (QED) is 0.578. The van der Waals surface area contributed by atoms with Gasteiger partial charge in [0, 0.05) is 24.5 Å². The van der Waals surface area contributed by atoms with E-state index in [0.717, 1.165) is 29.2 Å². The van der Waals surface area contributed by atoms with Crippen LogP contribution in [0.1, 0.15) is 40.7 Å². The predicted molar refractivity (Wildman–Crippen MR) is 104 cm³/mol. The molecule has 0 bridgehead atoms. The van der Waals surface area contributed by atoms with E-state index in [9.17, 15) is 4.79 Å². The summed E-state index contributed by atoms with van der Waals surface area (Å²) in [5.74, 6) is 1.00. The molecular formula is C19H26N6O. The maximum Gasteiger partial charge on any atom is 0.254 e. The van der Waals surface area contributed by atoms with Crippen LogP contribution < -0.4 is 22.1 Å². The summed E-state index contributed by atoms with van der Waals surface area (Å²) in [5, 5.41) is 6.34. The monoisotopic (exact) mass is 354 g/mol. The van der Waals surface area contributed by atoms with Gasteiger partial charge in [0.25, 0.3) is 5.91 Å². The van der Waals surface area contributed by atoms with E-state index in [2.05, 4.69) is 26.7 Å². The van der Waals surface area contributed by atoms with Crippen LogP contribution in [-0.2, 0) is 0 Å². The van der Waals surface area contributed by atoms with Gasteiger partial charge in [-0.25, -0.2) is 4.98 Å². The number of rotatable bonds is 8. The third-order valence-corrected chi connectivity index (χ3v) is 4.39. The van der Waals surface area contributed by atoms with E-state index in [0.29, 0.717) is 18.3 Å². The largest absolute Gasteiger partial charge is 0.365 e. The topological polar surface area (TPSA) is 119 Å². The first kappa shape index (κ1) is 18.1. The number of carbonyl (C=O) groups is 1. The van der Waals surface area contributed by atoms with Crippen molar-refractivity contribution < 1.29 is 4.79 Å². The Hall–Kier alpha value is -2.67. The molecule has 0 saturated heterocycles. The molecule has 1 amide bonds. The number of benzene rings is 1. The number of primary amides is 1. The standard InChI is InChI=1S/C19H26N6O/c1-11-5-12(2)7-15(6-11)24-18-16(17(21)26)10-23-19(25-18)22-9-14(20)8-13-3-4-13/h5-7,10,13-14H,3-4,8-9,20H2,1-2H3,(H2,21,26)(H2,22,23,24,25)/t14-/m0/s1. The van der Waals surface area contributed by atoms with Gasteiger partial charge in [-0.05, 0) is 49.4 Å². The molecule has 6 N–H and O–H groups in total. The highest BCUT2D eigenvalue weighted by molar-refractivity contribution is 5.98. The van der Waals surface area contributed by atoms with E-state index in [1.165, 1.54) is 19.0 Å². The van der Waals surface area contributed by atoms with Gasteiger partial charge in [0.2, 0.25) is 5.95 Å². The van der Waals surface area contributed by atoms with Gasteiger partial charge in [0.1, 0.15) is 11.4 Å². The minimum Gasteiger partial charge on any atom is -0.365 e. The zero-order valence-corrected chi connectivity index (χ0v) is 15.2. The number of hydrogen-bond donors (Lipinski definition) is 4. The number of nitrogens with two attached hydrogens (primary N) is 2. The minimum atomic E-state index is -0.575. The molecule has 7 heteroatoms. The highest BCUT2D eigenvalue weighted by Crippen LogP contribution is 2.33. The van der Waals surface area contributed by atoms with Gasteiger partial charge in [-0.3, -0.25) is 4.79 Å². The van der Waals surface area contributed by atoms with Gasteiger partial charge in [0.05, 0.1) is 0 Å². The first-order valence-corrected chi connectivity index (χ1v) is 8.92. The summed E-state index contributed by atoms with van der Waals surface area (Å²) in [6.45, 7) is 4.62. The van der Waals surface area contributed by atoms with Crippen molar-refractivity contribution in [3.63, 3.8) is 0 Å². The molecule has 26 heavy (non-hydrogen) atoms. The average Bonchev–Trinajstić information content (AvgIpc) is 3.36. The van der Waals surface area contributed by atoms with Gasteiger partial charge in [-0.15, -0.1) is 0 Å². The molecule has 0 aliphatic heterocycles. The minimum absolute atomic E-state index is 0.0674. The van der Waals surface area contributed by atoms with Gasteiger partial charge in [0.15, 0.2) is 0 Å². The fourth-order valence-corrected chi connectivity index (χ4v) is 3.01. The van der Waals surface area contributed by atoms with Crippen molar-refractivity contribution in [1.82, 2.24) is 9.97 Å². The summed E-state index contributed by atoms with van der Waals surface area (Å²) in [6, 6.07) is 6.11.